The third kappa shape index (κ3) is 8.59. The van der Waals surface area contributed by atoms with Crippen LogP contribution in [-0.4, -0.2) is 305 Å². The summed E-state index contributed by atoms with van der Waals surface area (Å²) in [6.07, 6.45) is 12.2. The van der Waals surface area contributed by atoms with Gasteiger partial charge in [-0.2, -0.15) is 0 Å². The highest BCUT2D eigenvalue weighted by Crippen LogP contribution is 3.25. The topological polar surface area (TPSA) is 194 Å². The SMILES string of the molecule is CC=C(C=C(C)[Si](C)(C)OC12C3(O[Si]C)C4(O[Si]C)C5(O[Si]C)C3(O[Si]C)C1(O[Si](C)(C)C)C5(O[Si](C)(C)C(C)=CC=C(C)[Si](C)(C)OC13C5(O[Si]C)C6(O[Si]C)C7(O[Si]C)C5(O[Si]C)C1(O[Si](C)(C)C)C7(O[Si](C)(C)C)C63O[Si](C)(C)C)C42O[Si](C)(C)C)[Si](C)(C)OC12C3(O[Si]C)C4(CC)C5(CC)C3(CC)C1(O[Si](C)(C)C)C5(O[Si](C)(C)C)C42O[Si](C)(C)C. The van der Waals surface area contributed by atoms with Crippen LogP contribution in [0.4, 0.5) is 0 Å². The quantitative estimate of drug-likeness (QED) is 0.0412. The third-order valence-corrected chi connectivity index (χ3v) is 56.1. The minimum Gasteiger partial charge on any atom is -0.408 e. The van der Waals surface area contributed by atoms with Crippen LogP contribution in [0.1, 0.15) is 67.7 Å². The molecule has 696 valence electrons. The Hall–Kier alpha value is 2.67. The lowest BCUT2D eigenvalue weighted by Gasteiger charge is -3.28. The standard InChI is InChI=1S/C83H154O21Si21/c1-49-59(125(47,48)104-75-63(84-105-8)61(51-3)60(50-2)62(63,52-4)66(75,95-116(23,24)25)64(60,93-114(17,18)19)65(61,75)94-115(20,21)22)55-58(7)124(45,46)103-83-74(92-113-16)70(88-109-12)73(91-112-15)71(74,89-110-13)80(83,100-121(38,39)40)82(73,79(70,83)99-120(35,36)37)102-123(43,44)57(6)54-53-56(5)122(41,42)101-81-72(90-111-14)68(86-107-10)67(85-106-9)69(72,87-108-11)78(81,98-119(32,33)34)76(67,96-117(26,27)28)77(68,81)97-118(29,30)31/h49,53-55H,50-52H2,1-48H3. The molecule has 0 bridgehead atoms. The van der Waals surface area contributed by atoms with Crippen LogP contribution >= 0.6 is 0 Å². The van der Waals surface area contributed by atoms with Crippen molar-refractivity contribution in [2.45, 2.75) is 454 Å². The molecule has 12 unspecified atom stereocenters. The number of hydrogen-bond donors (Lipinski definition) is 0. The summed E-state index contributed by atoms with van der Waals surface area (Å²) in [7, 11) is -32.8. The van der Waals surface area contributed by atoms with E-state index in [0.717, 1.165) is 34.9 Å². The molecule has 0 aromatic rings. The smallest absolute Gasteiger partial charge is 0.227 e. The first-order valence-corrected chi connectivity index (χ1v) is 97.7. The number of allylic oxidation sites excluding steroid dienone is 8. The fraction of sp³-hybridized carbons (Fsp3) is 0.904. The minimum absolute atomic E-state index is 0.00817. The molecule has 18 fully saturated rings. The highest BCUT2D eigenvalue weighted by molar-refractivity contribution is 6.83. The summed E-state index contributed by atoms with van der Waals surface area (Å²) in [5.41, 5.74) is -24.4. The number of hydrogen-bond acceptors (Lipinski definition) is 21. The first-order chi connectivity index (χ1) is 56.8. The van der Waals surface area contributed by atoms with Crippen molar-refractivity contribution in [3.05, 3.63) is 45.1 Å². The molecule has 0 spiro atoms. The minimum atomic E-state index is -3.33. The van der Waals surface area contributed by atoms with E-state index in [-0.39, 0.29) is 104 Å². The zero-order valence-electron chi connectivity index (χ0n) is 85.5. The second-order valence-corrected chi connectivity index (χ2v) is 105. The molecule has 18 radical (unpaired) electrons. The van der Waals surface area contributed by atoms with E-state index in [0.29, 0.717) is 0 Å². The van der Waals surface area contributed by atoms with Crippen molar-refractivity contribution >= 4 is 188 Å². The van der Waals surface area contributed by atoms with Crippen LogP contribution in [0.5, 0.6) is 0 Å². The Morgan fingerprint density at radius 3 is 0.552 bits per heavy atom. The van der Waals surface area contributed by atoms with Gasteiger partial charge in [0.15, 0.2) is 156 Å². The van der Waals surface area contributed by atoms with Crippen molar-refractivity contribution in [1.29, 1.82) is 0 Å². The summed E-state index contributed by atoms with van der Waals surface area (Å²) in [6, 6.07) is 0. The zero-order valence-corrected chi connectivity index (χ0v) is 107. The maximum atomic E-state index is 8.87. The van der Waals surface area contributed by atoms with Crippen LogP contribution in [0, 0.1) is 16.2 Å². The van der Waals surface area contributed by atoms with Gasteiger partial charge in [0.05, 0.1) is 0 Å². The van der Waals surface area contributed by atoms with Gasteiger partial charge < -0.3 is 92.9 Å². The second kappa shape index (κ2) is 27.9. The first kappa shape index (κ1) is 102. The van der Waals surface area contributed by atoms with Gasteiger partial charge in [-0.05, 0) is 321 Å². The molecule has 0 aliphatic heterocycles. The summed E-state index contributed by atoms with van der Waals surface area (Å²) in [5, 5.41) is 4.53. The van der Waals surface area contributed by atoms with Crippen molar-refractivity contribution < 1.29 is 92.9 Å². The van der Waals surface area contributed by atoms with E-state index >= 15 is 0 Å². The molecule has 12 atom stereocenters. The van der Waals surface area contributed by atoms with Crippen molar-refractivity contribution in [2.75, 3.05) is 0 Å². The summed E-state index contributed by atoms with van der Waals surface area (Å²) < 4.78 is 170. The molecule has 18 rings (SSSR count). The largest absolute Gasteiger partial charge is 0.408 e. The molecular weight excluding hydrogens is 1920 g/mol. The monoisotopic (exact) mass is 2070 g/mol. The molecule has 0 heterocycles. The van der Waals surface area contributed by atoms with Crippen LogP contribution in [0.2, 0.25) is 268 Å². The molecule has 0 saturated heterocycles. The van der Waals surface area contributed by atoms with Crippen LogP contribution in [0.15, 0.2) is 45.1 Å². The molecule has 42 heteroatoms. The van der Waals surface area contributed by atoms with Gasteiger partial charge in [0, 0.05) is 16.2 Å². The maximum Gasteiger partial charge on any atom is 0.227 e. The predicted octanol–water partition coefficient (Wildman–Crippen LogP) is 16.7. The van der Waals surface area contributed by atoms with Gasteiger partial charge in [0.25, 0.3) is 0 Å². The van der Waals surface area contributed by atoms with Gasteiger partial charge in [-0.3, -0.25) is 0 Å². The van der Waals surface area contributed by atoms with Gasteiger partial charge >= 0.3 is 0 Å². The fourth-order valence-electron chi connectivity index (χ4n) is 33.3. The Labute approximate surface area is 789 Å². The average Bonchev–Trinajstić information content (AvgIpc) is 0.499. The molecule has 0 N–H and O–H groups in total. The highest BCUT2D eigenvalue weighted by atomic mass is 28.4. The van der Waals surface area contributed by atoms with Gasteiger partial charge in [-0.15, -0.1) is 0 Å². The van der Waals surface area contributed by atoms with Crippen molar-refractivity contribution in [3.63, 3.8) is 0 Å². The normalized spacial score (nSPS) is 47.5. The summed E-state index contributed by atoms with van der Waals surface area (Å²) in [6.45, 7) is 110. The summed E-state index contributed by atoms with van der Waals surface area (Å²) >= 11 is 0. The molecule has 0 aromatic carbocycles. The molecule has 125 heavy (non-hydrogen) atoms. The summed E-state index contributed by atoms with van der Waals surface area (Å²) in [5.74, 6) is 0. The van der Waals surface area contributed by atoms with Gasteiger partial charge in [0.2, 0.25) is 121 Å². The van der Waals surface area contributed by atoms with E-state index in [9.17, 15) is 0 Å². The van der Waals surface area contributed by atoms with E-state index in [2.05, 4.69) is 341 Å². The Balaban J connectivity index is 0.854. The number of rotatable bonds is 51. The lowest BCUT2D eigenvalue weighted by atomic mass is 8.79. The molecular formula is C83H154O21Si21. The van der Waals surface area contributed by atoms with Crippen LogP contribution in [-0.2, 0) is 92.9 Å². The van der Waals surface area contributed by atoms with E-state index in [1.54, 1.807) is 0 Å². The van der Waals surface area contributed by atoms with E-state index in [4.69, 9.17) is 92.9 Å². The lowest BCUT2D eigenvalue weighted by Crippen LogP contribution is -3.53. The molecule has 0 amide bonds. The average molecular weight is 2080 g/mol. The predicted molar refractivity (Wildman–Crippen MR) is 535 cm³/mol. The van der Waals surface area contributed by atoms with Gasteiger partial charge in [-0.1, -0.05) is 60.7 Å². The molecule has 21 nitrogen and oxygen atoms in total. The molecule has 18 aliphatic carbocycles. The molecule has 0 aromatic heterocycles. The van der Waals surface area contributed by atoms with Gasteiger partial charge in [-0.25, -0.2) is 0 Å². The van der Waals surface area contributed by atoms with Crippen molar-refractivity contribution in [2.24, 2.45) is 16.2 Å². The Kier molecular flexibility index (Phi) is 22.8. The Bertz CT molecular complexity index is 4440. The fourth-order valence-corrected chi connectivity index (χ4v) is 59.1. The zero-order chi connectivity index (χ0) is 94.5. The van der Waals surface area contributed by atoms with E-state index < -0.39 is 217 Å². The van der Waals surface area contributed by atoms with Crippen molar-refractivity contribution in [3.8, 4) is 0 Å². The van der Waals surface area contributed by atoms with Crippen LogP contribution in [0.25, 0.3) is 0 Å². The van der Waals surface area contributed by atoms with E-state index in [1.807, 2.05) is 0 Å². The Morgan fingerprint density at radius 1 is 0.208 bits per heavy atom. The second-order valence-electron chi connectivity index (χ2n) is 48.3. The first-order valence-electron chi connectivity index (χ1n) is 46.1. The van der Waals surface area contributed by atoms with Crippen LogP contribution in [0.3, 0.4) is 0 Å². The van der Waals surface area contributed by atoms with Crippen LogP contribution < -0.4 is 0 Å². The lowest BCUT2D eigenvalue weighted by molar-refractivity contribution is -0.854. The maximum absolute atomic E-state index is 8.87. The molecule has 18 saturated carbocycles. The molecule has 18 aliphatic rings. The van der Waals surface area contributed by atoms with Crippen molar-refractivity contribution in [1.82, 2.24) is 0 Å². The Morgan fingerprint density at radius 2 is 0.368 bits per heavy atom. The highest BCUT2D eigenvalue weighted by Gasteiger charge is 3.48. The summed E-state index contributed by atoms with van der Waals surface area (Å²) in [4.78, 5) is 0. The van der Waals surface area contributed by atoms with Gasteiger partial charge in [0.1, 0.15) is 28.0 Å². The third-order valence-electron chi connectivity index (χ3n) is 32.8. The van der Waals surface area contributed by atoms with E-state index in [1.165, 1.54) is 5.20 Å².